The van der Waals surface area contributed by atoms with Gasteiger partial charge in [-0.05, 0) is 48.5 Å². The summed E-state index contributed by atoms with van der Waals surface area (Å²) in [5, 5.41) is 2.59. The van der Waals surface area contributed by atoms with E-state index in [0.717, 1.165) is 10.6 Å². The Kier molecular flexibility index (Phi) is 7.17. The van der Waals surface area contributed by atoms with Crippen LogP contribution in [0.4, 0.5) is 11.4 Å². The van der Waals surface area contributed by atoms with Crippen molar-refractivity contribution in [1.29, 1.82) is 0 Å². The number of benzene rings is 2. The molecule has 0 saturated heterocycles. The average Bonchev–Trinajstić information content (AvgIpc) is 2.70. The van der Waals surface area contributed by atoms with Crippen molar-refractivity contribution in [3.63, 3.8) is 0 Å². The van der Waals surface area contributed by atoms with Crippen LogP contribution in [0.15, 0.2) is 48.5 Å². The SMILES string of the molecule is COC(=O)c1ccc(NC(=O)CN(c2ccc(C(=O)N(C)C)cc2)S(C)(=O)=O)cc1. The number of hydrogen-bond donors (Lipinski definition) is 1. The lowest BCUT2D eigenvalue weighted by atomic mass is 10.2. The zero-order valence-corrected chi connectivity index (χ0v) is 17.9. The van der Waals surface area contributed by atoms with Gasteiger partial charge in [0.2, 0.25) is 15.9 Å². The van der Waals surface area contributed by atoms with Crippen LogP contribution in [0.5, 0.6) is 0 Å². The lowest BCUT2D eigenvalue weighted by Crippen LogP contribution is -2.37. The van der Waals surface area contributed by atoms with Gasteiger partial charge in [-0.15, -0.1) is 0 Å². The highest BCUT2D eigenvalue weighted by Crippen LogP contribution is 2.19. The summed E-state index contributed by atoms with van der Waals surface area (Å²) in [4.78, 5) is 37.3. The van der Waals surface area contributed by atoms with E-state index in [1.165, 1.54) is 60.5 Å². The molecule has 1 N–H and O–H groups in total. The number of carbonyl (C=O) groups is 3. The molecule has 9 nitrogen and oxygen atoms in total. The molecule has 0 aliphatic carbocycles. The number of nitrogens with one attached hydrogen (secondary N) is 1. The number of sulfonamides is 1. The van der Waals surface area contributed by atoms with Crippen LogP contribution in [-0.2, 0) is 19.6 Å². The van der Waals surface area contributed by atoms with Crippen LogP contribution in [-0.4, -0.2) is 65.1 Å². The quantitative estimate of drug-likeness (QED) is 0.664. The van der Waals surface area contributed by atoms with E-state index in [1.807, 2.05) is 0 Å². The van der Waals surface area contributed by atoms with Gasteiger partial charge in [0.05, 0.1) is 24.6 Å². The van der Waals surface area contributed by atoms with Crippen LogP contribution < -0.4 is 9.62 Å². The third kappa shape index (κ3) is 5.80. The zero-order valence-electron chi connectivity index (χ0n) is 17.1. The van der Waals surface area contributed by atoms with Gasteiger partial charge in [-0.25, -0.2) is 13.2 Å². The molecule has 0 aliphatic rings. The predicted octanol–water partition coefficient (Wildman–Crippen LogP) is 1.58. The van der Waals surface area contributed by atoms with Crippen molar-refractivity contribution in [3.8, 4) is 0 Å². The molecule has 2 aromatic carbocycles. The summed E-state index contributed by atoms with van der Waals surface area (Å²) in [7, 11) is 0.729. The van der Waals surface area contributed by atoms with Crippen molar-refractivity contribution in [1.82, 2.24) is 4.90 Å². The maximum atomic E-state index is 12.4. The largest absolute Gasteiger partial charge is 0.465 e. The Morgan fingerprint density at radius 2 is 1.47 bits per heavy atom. The Labute approximate surface area is 175 Å². The molecule has 10 heteroatoms. The fourth-order valence-corrected chi connectivity index (χ4v) is 3.42. The van der Waals surface area contributed by atoms with Gasteiger partial charge in [-0.2, -0.15) is 0 Å². The lowest BCUT2D eigenvalue weighted by Gasteiger charge is -2.22. The van der Waals surface area contributed by atoms with Gasteiger partial charge in [0.1, 0.15) is 6.54 Å². The number of amides is 2. The second-order valence-electron chi connectivity index (χ2n) is 6.63. The van der Waals surface area contributed by atoms with E-state index in [4.69, 9.17) is 0 Å². The molecule has 0 saturated carbocycles. The van der Waals surface area contributed by atoms with Crippen molar-refractivity contribution in [2.75, 3.05) is 43.6 Å². The fraction of sp³-hybridized carbons (Fsp3) is 0.250. The van der Waals surface area contributed by atoms with E-state index in [2.05, 4.69) is 10.1 Å². The molecule has 0 fully saturated rings. The third-order valence-electron chi connectivity index (χ3n) is 4.09. The number of nitrogens with zero attached hydrogens (tertiary/aromatic N) is 2. The first-order chi connectivity index (χ1) is 14.0. The summed E-state index contributed by atoms with van der Waals surface area (Å²) in [5.41, 5.74) is 1.37. The van der Waals surface area contributed by atoms with E-state index >= 15 is 0 Å². The Bertz CT molecular complexity index is 1030. The molecule has 0 heterocycles. The highest BCUT2D eigenvalue weighted by Gasteiger charge is 2.21. The molecule has 2 aromatic rings. The summed E-state index contributed by atoms with van der Waals surface area (Å²) in [6.45, 7) is -0.460. The van der Waals surface area contributed by atoms with Gasteiger partial charge in [-0.3, -0.25) is 13.9 Å². The highest BCUT2D eigenvalue weighted by molar-refractivity contribution is 7.92. The first kappa shape index (κ1) is 22.9. The lowest BCUT2D eigenvalue weighted by molar-refractivity contribution is -0.114. The standard InChI is InChI=1S/C20H23N3O6S/c1-22(2)19(25)14-7-11-17(12-8-14)23(30(4,27)28)13-18(24)21-16-9-5-15(6-10-16)20(26)29-3/h5-12H,13H2,1-4H3,(H,21,24). The number of ether oxygens (including phenoxy) is 1. The van der Waals surface area contributed by atoms with E-state index in [0.29, 0.717) is 16.8 Å². The highest BCUT2D eigenvalue weighted by atomic mass is 32.2. The second kappa shape index (κ2) is 9.40. The fourth-order valence-electron chi connectivity index (χ4n) is 2.57. The molecular weight excluding hydrogens is 410 g/mol. The summed E-state index contributed by atoms with van der Waals surface area (Å²) in [6, 6.07) is 11.9. The topological polar surface area (TPSA) is 113 Å². The third-order valence-corrected chi connectivity index (χ3v) is 5.23. The van der Waals surface area contributed by atoms with Gasteiger partial charge in [-0.1, -0.05) is 0 Å². The van der Waals surface area contributed by atoms with Crippen LogP contribution in [0, 0.1) is 0 Å². The molecule has 0 spiro atoms. The van der Waals surface area contributed by atoms with Crippen LogP contribution >= 0.6 is 0 Å². The Morgan fingerprint density at radius 3 is 1.93 bits per heavy atom. The molecule has 0 aromatic heterocycles. The summed E-state index contributed by atoms with van der Waals surface area (Å²) in [6.07, 6.45) is 0.990. The molecule has 160 valence electrons. The number of anilines is 2. The smallest absolute Gasteiger partial charge is 0.337 e. The van der Waals surface area contributed by atoms with Crippen molar-refractivity contribution < 1.29 is 27.5 Å². The summed E-state index contributed by atoms with van der Waals surface area (Å²) < 4.78 is 30.0. The van der Waals surface area contributed by atoms with E-state index in [1.54, 1.807) is 14.1 Å². The van der Waals surface area contributed by atoms with Crippen molar-refractivity contribution in [3.05, 3.63) is 59.7 Å². The van der Waals surface area contributed by atoms with Gasteiger partial charge in [0, 0.05) is 25.3 Å². The van der Waals surface area contributed by atoms with Gasteiger partial charge < -0.3 is 15.0 Å². The van der Waals surface area contributed by atoms with E-state index in [9.17, 15) is 22.8 Å². The second-order valence-corrected chi connectivity index (χ2v) is 8.54. The van der Waals surface area contributed by atoms with Crippen LogP contribution in [0.2, 0.25) is 0 Å². The molecule has 0 aliphatic heterocycles. The molecule has 2 amide bonds. The Hall–Kier alpha value is -3.40. The van der Waals surface area contributed by atoms with Gasteiger partial charge in [0.25, 0.3) is 5.91 Å². The molecule has 0 bridgehead atoms. The van der Waals surface area contributed by atoms with Crippen LogP contribution in [0.1, 0.15) is 20.7 Å². The molecule has 0 atom stereocenters. The number of esters is 1. The predicted molar refractivity (Wildman–Crippen MR) is 113 cm³/mol. The normalized spacial score (nSPS) is 10.8. The molecule has 0 unspecified atom stereocenters. The summed E-state index contributed by atoms with van der Waals surface area (Å²) >= 11 is 0. The minimum atomic E-state index is -3.76. The number of carbonyl (C=O) groups excluding carboxylic acids is 3. The molecule has 0 radical (unpaired) electrons. The monoisotopic (exact) mass is 433 g/mol. The van der Waals surface area contributed by atoms with Crippen molar-refractivity contribution >= 4 is 39.2 Å². The Morgan fingerprint density at radius 1 is 0.933 bits per heavy atom. The first-order valence-corrected chi connectivity index (χ1v) is 10.7. The minimum Gasteiger partial charge on any atom is -0.465 e. The number of hydrogen-bond acceptors (Lipinski definition) is 6. The Balaban J connectivity index is 2.16. The van der Waals surface area contributed by atoms with Crippen LogP contribution in [0.25, 0.3) is 0 Å². The average molecular weight is 433 g/mol. The zero-order chi connectivity index (χ0) is 22.5. The van der Waals surface area contributed by atoms with Gasteiger partial charge >= 0.3 is 5.97 Å². The number of rotatable bonds is 7. The van der Waals surface area contributed by atoms with Crippen molar-refractivity contribution in [2.45, 2.75) is 0 Å². The van der Waals surface area contributed by atoms with E-state index < -0.39 is 28.4 Å². The van der Waals surface area contributed by atoms with Crippen LogP contribution in [0.3, 0.4) is 0 Å². The molecule has 2 rings (SSSR count). The van der Waals surface area contributed by atoms with E-state index in [-0.39, 0.29) is 11.6 Å². The molecular formula is C20H23N3O6S. The van der Waals surface area contributed by atoms with Crippen molar-refractivity contribution in [2.24, 2.45) is 0 Å². The number of methoxy groups -OCH3 is 1. The first-order valence-electron chi connectivity index (χ1n) is 8.80. The van der Waals surface area contributed by atoms with Gasteiger partial charge in [0.15, 0.2) is 0 Å². The maximum Gasteiger partial charge on any atom is 0.337 e. The molecule has 30 heavy (non-hydrogen) atoms. The maximum absolute atomic E-state index is 12.4. The summed E-state index contributed by atoms with van der Waals surface area (Å²) in [5.74, 6) is -1.30. The minimum absolute atomic E-state index is 0.222.